The molecule has 2 N–H and O–H groups in total. The van der Waals surface area contributed by atoms with E-state index < -0.39 is 4.92 Å². The maximum absolute atomic E-state index is 10.8. The molecule has 0 radical (unpaired) electrons. The third-order valence-electron chi connectivity index (χ3n) is 2.96. The van der Waals surface area contributed by atoms with Gasteiger partial charge in [-0.3, -0.25) is 10.1 Å². The molecule has 0 amide bonds. The minimum absolute atomic E-state index is 0.0299. The quantitative estimate of drug-likeness (QED) is 0.672. The second-order valence-electron chi connectivity index (χ2n) is 4.52. The SMILES string of the molecule is COc1cccc(Oc2cccc([N+](=O)[O-])c2)c1[C@@H](C)N. The fourth-order valence-corrected chi connectivity index (χ4v) is 2.03. The van der Waals surface area contributed by atoms with Gasteiger partial charge in [0.25, 0.3) is 5.69 Å². The lowest BCUT2D eigenvalue weighted by molar-refractivity contribution is -0.384. The zero-order valence-electron chi connectivity index (χ0n) is 11.8. The fourth-order valence-electron chi connectivity index (χ4n) is 2.03. The predicted octanol–water partition coefficient (Wildman–Crippen LogP) is 3.42. The van der Waals surface area contributed by atoms with Crippen LogP contribution in [0, 0.1) is 10.1 Å². The van der Waals surface area contributed by atoms with Crippen molar-refractivity contribution in [2.45, 2.75) is 13.0 Å². The van der Waals surface area contributed by atoms with E-state index in [1.165, 1.54) is 12.1 Å². The summed E-state index contributed by atoms with van der Waals surface area (Å²) < 4.78 is 11.0. The maximum atomic E-state index is 10.8. The first kappa shape index (κ1) is 14.8. The normalized spacial score (nSPS) is 11.8. The summed E-state index contributed by atoms with van der Waals surface area (Å²) in [6.45, 7) is 1.82. The number of nitro groups is 1. The Morgan fingerprint density at radius 1 is 1.19 bits per heavy atom. The maximum Gasteiger partial charge on any atom is 0.273 e. The molecule has 0 aromatic heterocycles. The summed E-state index contributed by atoms with van der Waals surface area (Å²) in [5.41, 5.74) is 6.64. The minimum atomic E-state index is -0.467. The van der Waals surface area contributed by atoms with Gasteiger partial charge < -0.3 is 15.2 Å². The highest BCUT2D eigenvalue weighted by Crippen LogP contribution is 2.36. The molecule has 0 spiro atoms. The third kappa shape index (κ3) is 3.29. The van der Waals surface area contributed by atoms with Crippen LogP contribution in [0.25, 0.3) is 0 Å². The summed E-state index contributed by atoms with van der Waals surface area (Å²) in [5.74, 6) is 1.51. The van der Waals surface area contributed by atoms with Crippen LogP contribution in [0.4, 0.5) is 5.69 Å². The number of hydrogen-bond donors (Lipinski definition) is 1. The van der Waals surface area contributed by atoms with Gasteiger partial charge in [-0.15, -0.1) is 0 Å². The van der Waals surface area contributed by atoms with Gasteiger partial charge in [0.1, 0.15) is 17.2 Å². The first-order valence-electron chi connectivity index (χ1n) is 6.37. The molecular formula is C15H16N2O4. The number of non-ortho nitro benzene ring substituents is 1. The van der Waals surface area contributed by atoms with Crippen molar-refractivity contribution >= 4 is 5.69 Å². The highest BCUT2D eigenvalue weighted by Gasteiger charge is 2.15. The van der Waals surface area contributed by atoms with Crippen LogP contribution in [0.15, 0.2) is 42.5 Å². The van der Waals surface area contributed by atoms with Crippen molar-refractivity contribution in [1.82, 2.24) is 0 Å². The summed E-state index contributed by atoms with van der Waals surface area (Å²) in [7, 11) is 1.55. The van der Waals surface area contributed by atoms with Crippen molar-refractivity contribution in [2.75, 3.05) is 7.11 Å². The zero-order chi connectivity index (χ0) is 15.4. The van der Waals surface area contributed by atoms with E-state index in [0.29, 0.717) is 22.8 Å². The minimum Gasteiger partial charge on any atom is -0.496 e. The lowest BCUT2D eigenvalue weighted by Crippen LogP contribution is -2.08. The Balaban J connectivity index is 2.40. The summed E-state index contributed by atoms with van der Waals surface area (Å²) in [6, 6.07) is 11.0. The van der Waals surface area contributed by atoms with Crippen LogP contribution in [-0.4, -0.2) is 12.0 Å². The van der Waals surface area contributed by atoms with E-state index in [4.69, 9.17) is 15.2 Å². The van der Waals surface area contributed by atoms with Gasteiger partial charge in [0.05, 0.1) is 23.7 Å². The molecule has 2 aromatic carbocycles. The molecule has 21 heavy (non-hydrogen) atoms. The number of rotatable bonds is 5. The van der Waals surface area contributed by atoms with Gasteiger partial charge in [0, 0.05) is 12.1 Å². The first-order chi connectivity index (χ1) is 10.0. The highest BCUT2D eigenvalue weighted by molar-refractivity contribution is 5.49. The average Bonchev–Trinajstić information content (AvgIpc) is 2.46. The van der Waals surface area contributed by atoms with Gasteiger partial charge in [-0.2, -0.15) is 0 Å². The van der Waals surface area contributed by atoms with E-state index in [2.05, 4.69) is 0 Å². The summed E-state index contributed by atoms with van der Waals surface area (Å²) in [4.78, 5) is 10.3. The smallest absolute Gasteiger partial charge is 0.273 e. The largest absolute Gasteiger partial charge is 0.496 e. The van der Waals surface area contributed by atoms with Crippen LogP contribution in [0.2, 0.25) is 0 Å². The molecule has 1 atom stereocenters. The molecule has 110 valence electrons. The molecule has 0 unspecified atom stereocenters. The number of nitro benzene ring substituents is 1. The number of nitrogens with two attached hydrogens (primary N) is 1. The Labute approximate surface area is 122 Å². The molecule has 6 heteroatoms. The molecule has 0 aliphatic rings. The second-order valence-corrected chi connectivity index (χ2v) is 4.52. The molecule has 2 rings (SSSR count). The molecule has 0 aliphatic carbocycles. The molecule has 0 aliphatic heterocycles. The fraction of sp³-hybridized carbons (Fsp3) is 0.200. The second kappa shape index (κ2) is 6.23. The van der Waals surface area contributed by atoms with Crippen molar-refractivity contribution in [2.24, 2.45) is 5.73 Å². The average molecular weight is 288 g/mol. The van der Waals surface area contributed by atoms with Crippen LogP contribution in [0.1, 0.15) is 18.5 Å². The van der Waals surface area contributed by atoms with Crippen molar-refractivity contribution in [1.29, 1.82) is 0 Å². The van der Waals surface area contributed by atoms with Gasteiger partial charge >= 0.3 is 0 Å². The lowest BCUT2D eigenvalue weighted by Gasteiger charge is -2.17. The van der Waals surface area contributed by atoms with Crippen LogP contribution < -0.4 is 15.2 Å². The molecule has 0 bridgehead atoms. The van der Waals surface area contributed by atoms with Gasteiger partial charge in [-0.25, -0.2) is 0 Å². The summed E-state index contributed by atoms with van der Waals surface area (Å²) >= 11 is 0. The number of ether oxygens (including phenoxy) is 2. The van der Waals surface area contributed by atoms with Crippen LogP contribution in [-0.2, 0) is 0 Å². The Bertz CT molecular complexity index is 656. The molecule has 0 saturated carbocycles. The van der Waals surface area contributed by atoms with Crippen LogP contribution >= 0.6 is 0 Å². The number of hydrogen-bond acceptors (Lipinski definition) is 5. The van der Waals surface area contributed by atoms with Crippen LogP contribution in [0.3, 0.4) is 0 Å². The van der Waals surface area contributed by atoms with E-state index in [-0.39, 0.29) is 11.7 Å². The molecular weight excluding hydrogens is 272 g/mol. The van der Waals surface area contributed by atoms with Crippen LogP contribution in [0.5, 0.6) is 17.2 Å². The Kier molecular flexibility index (Phi) is 4.39. The van der Waals surface area contributed by atoms with E-state index in [0.717, 1.165) is 0 Å². The molecule has 0 saturated heterocycles. The van der Waals surface area contributed by atoms with Crippen molar-refractivity contribution in [3.8, 4) is 17.2 Å². The molecule has 0 heterocycles. The predicted molar refractivity (Wildman–Crippen MR) is 78.8 cm³/mol. The molecule has 2 aromatic rings. The lowest BCUT2D eigenvalue weighted by atomic mass is 10.1. The van der Waals surface area contributed by atoms with Gasteiger partial charge in [0.2, 0.25) is 0 Å². The standard InChI is InChI=1S/C15H16N2O4/c1-10(16)15-13(20-2)7-4-8-14(15)21-12-6-3-5-11(9-12)17(18)19/h3-10H,16H2,1-2H3/t10-/m1/s1. The van der Waals surface area contributed by atoms with Crippen molar-refractivity contribution < 1.29 is 14.4 Å². The monoisotopic (exact) mass is 288 g/mol. The number of nitrogens with zero attached hydrogens (tertiary/aromatic N) is 1. The number of benzene rings is 2. The van der Waals surface area contributed by atoms with Crippen molar-refractivity contribution in [3.63, 3.8) is 0 Å². The zero-order valence-corrected chi connectivity index (χ0v) is 11.8. The Morgan fingerprint density at radius 3 is 2.48 bits per heavy atom. The molecule has 0 fully saturated rings. The summed E-state index contributed by atoms with van der Waals surface area (Å²) in [6.07, 6.45) is 0. The van der Waals surface area contributed by atoms with Gasteiger partial charge in [0.15, 0.2) is 0 Å². The van der Waals surface area contributed by atoms with Crippen molar-refractivity contribution in [3.05, 3.63) is 58.1 Å². The van der Waals surface area contributed by atoms with E-state index >= 15 is 0 Å². The highest BCUT2D eigenvalue weighted by atomic mass is 16.6. The Morgan fingerprint density at radius 2 is 1.86 bits per heavy atom. The van der Waals surface area contributed by atoms with Gasteiger partial charge in [-0.05, 0) is 25.1 Å². The Hall–Kier alpha value is -2.60. The third-order valence-corrected chi connectivity index (χ3v) is 2.96. The van der Waals surface area contributed by atoms with Gasteiger partial charge in [-0.1, -0.05) is 12.1 Å². The number of methoxy groups -OCH3 is 1. The van der Waals surface area contributed by atoms with E-state index in [1.54, 1.807) is 37.4 Å². The molecule has 6 nitrogen and oxygen atoms in total. The first-order valence-corrected chi connectivity index (χ1v) is 6.37. The van der Waals surface area contributed by atoms with E-state index in [1.807, 2.05) is 6.92 Å². The summed E-state index contributed by atoms with van der Waals surface area (Å²) in [5, 5.41) is 10.8. The topological polar surface area (TPSA) is 87.6 Å². The van der Waals surface area contributed by atoms with E-state index in [9.17, 15) is 10.1 Å².